The Morgan fingerprint density at radius 2 is 1.92 bits per heavy atom. The molecule has 0 bridgehead atoms. The molecule has 1 saturated heterocycles. The van der Waals surface area contributed by atoms with Crippen molar-refractivity contribution < 1.29 is 22.5 Å². The van der Waals surface area contributed by atoms with Gasteiger partial charge in [-0.3, -0.25) is 0 Å². The van der Waals surface area contributed by atoms with Crippen LogP contribution in [0, 0.1) is 6.92 Å². The Labute approximate surface area is 216 Å². The van der Waals surface area contributed by atoms with E-state index in [1.54, 1.807) is 57.2 Å². The average molecular weight is 529 g/mol. The number of nitrogens with one attached hydrogen (secondary N) is 2. The quantitative estimate of drug-likeness (QED) is 0.473. The summed E-state index contributed by atoms with van der Waals surface area (Å²) in [4.78, 5) is 23.8. The molecule has 1 atom stereocenters. The van der Waals surface area contributed by atoms with Crippen molar-refractivity contribution in [2.45, 2.75) is 45.0 Å². The standard InChI is InChI=1S/C25H32N6O5S/c1-16-15-35-11-10-31(16)22-13-21(25(3,4)37(5,33)34)28-23(29-22)18-6-8-19(9-7-18)27-24(32)26-14-20-12-17(2)36-30-20/h6-9,12-13,16H,10-11,14-15H2,1-5H3,(H2,26,27,32)/t16-/m0/s1. The van der Waals surface area contributed by atoms with Crippen molar-refractivity contribution in [2.24, 2.45) is 0 Å². The monoisotopic (exact) mass is 528 g/mol. The van der Waals surface area contributed by atoms with Gasteiger partial charge in [0.1, 0.15) is 22.0 Å². The number of morpholine rings is 1. The highest BCUT2D eigenvalue weighted by atomic mass is 32.2. The Balaban J connectivity index is 1.58. The van der Waals surface area contributed by atoms with Crippen LogP contribution in [0.15, 0.2) is 40.9 Å². The largest absolute Gasteiger partial charge is 0.377 e. The second kappa shape index (κ2) is 10.5. The van der Waals surface area contributed by atoms with Crippen molar-refractivity contribution in [1.29, 1.82) is 0 Å². The molecule has 4 rings (SSSR count). The fourth-order valence-electron chi connectivity index (χ4n) is 3.83. The Bertz CT molecular complexity index is 1370. The lowest BCUT2D eigenvalue weighted by Gasteiger charge is -2.35. The Morgan fingerprint density at radius 3 is 2.54 bits per heavy atom. The van der Waals surface area contributed by atoms with E-state index in [0.29, 0.717) is 59.8 Å². The number of hydrogen-bond donors (Lipinski definition) is 2. The first-order valence-electron chi connectivity index (χ1n) is 11.9. The van der Waals surface area contributed by atoms with Crippen LogP contribution in [0.5, 0.6) is 0 Å². The highest BCUT2D eigenvalue weighted by molar-refractivity contribution is 7.91. The van der Waals surface area contributed by atoms with Crippen molar-refractivity contribution in [1.82, 2.24) is 20.4 Å². The topological polar surface area (TPSA) is 140 Å². The first kappa shape index (κ1) is 26.6. The van der Waals surface area contributed by atoms with Crippen LogP contribution >= 0.6 is 0 Å². The van der Waals surface area contributed by atoms with E-state index in [0.717, 1.165) is 0 Å². The molecule has 2 aromatic heterocycles. The summed E-state index contributed by atoms with van der Waals surface area (Å²) in [5.41, 5.74) is 2.31. The first-order chi connectivity index (χ1) is 17.4. The highest BCUT2D eigenvalue weighted by Gasteiger charge is 2.35. The first-order valence-corrected chi connectivity index (χ1v) is 13.8. The molecule has 1 aliphatic heterocycles. The van der Waals surface area contributed by atoms with E-state index >= 15 is 0 Å². The second-order valence-corrected chi connectivity index (χ2v) is 12.2. The minimum absolute atomic E-state index is 0.0805. The van der Waals surface area contributed by atoms with E-state index in [1.165, 1.54) is 6.26 Å². The number of rotatable bonds is 7. The van der Waals surface area contributed by atoms with Gasteiger partial charge in [-0.1, -0.05) is 5.16 Å². The zero-order chi connectivity index (χ0) is 26.8. The number of carbonyl (C=O) groups is 1. The Morgan fingerprint density at radius 1 is 1.19 bits per heavy atom. The van der Waals surface area contributed by atoms with Crippen LogP contribution in [0.4, 0.5) is 16.3 Å². The van der Waals surface area contributed by atoms with Crippen LogP contribution in [0.2, 0.25) is 0 Å². The predicted octanol–water partition coefficient (Wildman–Crippen LogP) is 3.27. The number of anilines is 2. The van der Waals surface area contributed by atoms with Crippen molar-refractivity contribution >= 4 is 27.4 Å². The van der Waals surface area contributed by atoms with E-state index in [-0.39, 0.29) is 18.6 Å². The lowest BCUT2D eigenvalue weighted by Crippen LogP contribution is -2.44. The zero-order valence-corrected chi connectivity index (χ0v) is 22.4. The number of benzene rings is 1. The summed E-state index contributed by atoms with van der Waals surface area (Å²) >= 11 is 0. The second-order valence-electron chi connectivity index (χ2n) is 9.65. The molecular weight excluding hydrogens is 496 g/mol. The molecule has 0 radical (unpaired) electrons. The van der Waals surface area contributed by atoms with Gasteiger partial charge in [-0.2, -0.15) is 0 Å². The van der Waals surface area contributed by atoms with Gasteiger partial charge < -0.3 is 24.8 Å². The van der Waals surface area contributed by atoms with Gasteiger partial charge in [0.2, 0.25) is 0 Å². The molecule has 37 heavy (non-hydrogen) atoms. The smallest absolute Gasteiger partial charge is 0.319 e. The van der Waals surface area contributed by atoms with Crippen LogP contribution in [0.1, 0.15) is 37.9 Å². The fraction of sp³-hybridized carbons (Fsp3) is 0.440. The molecule has 0 unspecified atom stereocenters. The normalized spacial score (nSPS) is 16.5. The van der Waals surface area contributed by atoms with Crippen molar-refractivity contribution in [2.75, 3.05) is 36.2 Å². The average Bonchev–Trinajstić information content (AvgIpc) is 3.27. The molecule has 0 spiro atoms. The summed E-state index contributed by atoms with van der Waals surface area (Å²) in [5, 5.41) is 9.34. The van der Waals surface area contributed by atoms with Crippen molar-refractivity contribution in [3.8, 4) is 11.4 Å². The summed E-state index contributed by atoms with van der Waals surface area (Å²) < 4.78 is 34.5. The number of urea groups is 1. The minimum atomic E-state index is -3.46. The number of hydrogen-bond acceptors (Lipinski definition) is 9. The van der Waals surface area contributed by atoms with Crippen molar-refractivity contribution in [3.05, 3.63) is 53.5 Å². The van der Waals surface area contributed by atoms with Gasteiger partial charge in [0.25, 0.3) is 0 Å². The Hall–Kier alpha value is -3.51. The van der Waals surface area contributed by atoms with E-state index in [9.17, 15) is 13.2 Å². The molecule has 0 aliphatic carbocycles. The maximum absolute atomic E-state index is 12.6. The van der Waals surface area contributed by atoms with Crippen LogP contribution < -0.4 is 15.5 Å². The van der Waals surface area contributed by atoms with Crippen LogP contribution in [0.3, 0.4) is 0 Å². The number of carbonyl (C=O) groups excluding carboxylic acids is 1. The van der Waals surface area contributed by atoms with E-state index < -0.39 is 14.6 Å². The number of nitrogens with zero attached hydrogens (tertiary/aromatic N) is 4. The Kier molecular flexibility index (Phi) is 7.51. The van der Waals surface area contributed by atoms with E-state index in [1.807, 2.05) is 6.92 Å². The molecule has 2 N–H and O–H groups in total. The summed E-state index contributed by atoms with van der Waals surface area (Å²) in [7, 11) is -3.46. The molecular formula is C25H32N6O5S. The molecule has 1 fully saturated rings. The molecule has 1 aliphatic rings. The summed E-state index contributed by atoms with van der Waals surface area (Å²) in [6.45, 7) is 9.11. The molecule has 1 aromatic carbocycles. The van der Waals surface area contributed by atoms with E-state index in [2.05, 4.69) is 25.7 Å². The van der Waals surface area contributed by atoms with Gasteiger partial charge in [-0.25, -0.2) is 23.2 Å². The van der Waals surface area contributed by atoms with Gasteiger partial charge in [0.15, 0.2) is 15.7 Å². The summed E-state index contributed by atoms with van der Waals surface area (Å²) in [5.74, 6) is 1.72. The van der Waals surface area contributed by atoms with Crippen LogP contribution in [-0.4, -0.2) is 61.6 Å². The van der Waals surface area contributed by atoms with Crippen LogP contribution in [-0.2, 0) is 25.9 Å². The number of aromatic nitrogens is 3. The van der Waals surface area contributed by atoms with Crippen molar-refractivity contribution in [3.63, 3.8) is 0 Å². The maximum Gasteiger partial charge on any atom is 0.319 e. The number of aryl methyl sites for hydroxylation is 1. The molecule has 2 amide bonds. The lowest BCUT2D eigenvalue weighted by molar-refractivity contribution is 0.0985. The fourth-order valence-corrected chi connectivity index (χ4v) is 4.31. The van der Waals surface area contributed by atoms with Gasteiger partial charge >= 0.3 is 6.03 Å². The SMILES string of the molecule is Cc1cc(CNC(=O)Nc2ccc(-c3nc(N4CCOC[C@@H]4C)cc(C(C)(C)S(C)(=O)=O)n3)cc2)no1. The summed E-state index contributed by atoms with van der Waals surface area (Å²) in [6.07, 6.45) is 1.21. The summed E-state index contributed by atoms with van der Waals surface area (Å²) in [6, 6.07) is 10.3. The molecule has 198 valence electrons. The third-order valence-electron chi connectivity index (χ3n) is 6.43. The molecule has 3 heterocycles. The molecule has 11 nitrogen and oxygen atoms in total. The van der Waals surface area contributed by atoms with Gasteiger partial charge in [-0.15, -0.1) is 0 Å². The zero-order valence-electron chi connectivity index (χ0n) is 21.6. The molecule has 3 aromatic rings. The van der Waals surface area contributed by atoms with Crippen LogP contribution in [0.25, 0.3) is 11.4 Å². The van der Waals surface area contributed by atoms with Gasteiger partial charge in [-0.05, 0) is 52.0 Å². The molecule has 0 saturated carbocycles. The third kappa shape index (κ3) is 6.08. The van der Waals surface area contributed by atoms with E-state index in [4.69, 9.17) is 14.2 Å². The predicted molar refractivity (Wildman–Crippen MR) is 140 cm³/mol. The number of ether oxygens (including phenoxy) is 1. The maximum atomic E-state index is 12.6. The third-order valence-corrected chi connectivity index (χ3v) is 8.49. The number of sulfone groups is 1. The molecule has 12 heteroatoms. The van der Waals surface area contributed by atoms with Gasteiger partial charge in [0, 0.05) is 36.2 Å². The van der Waals surface area contributed by atoms with Gasteiger partial charge in [0.05, 0.1) is 31.5 Å². The minimum Gasteiger partial charge on any atom is -0.377 e. The highest BCUT2D eigenvalue weighted by Crippen LogP contribution is 2.32. The number of amides is 2. The lowest BCUT2D eigenvalue weighted by atomic mass is 10.1.